The summed E-state index contributed by atoms with van der Waals surface area (Å²) < 4.78 is 5.62. The molecule has 0 saturated carbocycles. The van der Waals surface area contributed by atoms with E-state index in [2.05, 4.69) is 13.2 Å². The molecule has 80 valence electrons. The molecule has 0 aliphatic carbocycles. The summed E-state index contributed by atoms with van der Waals surface area (Å²) in [5.41, 5.74) is -1.22. The Bertz CT molecular complexity index is 225. The zero-order valence-electron chi connectivity index (χ0n) is 8.95. The molecule has 1 saturated heterocycles. The molecule has 14 heavy (non-hydrogen) atoms. The Morgan fingerprint density at radius 1 is 1.36 bits per heavy atom. The van der Waals surface area contributed by atoms with Crippen LogP contribution in [-0.4, -0.2) is 22.9 Å². The molecule has 1 aliphatic rings. The smallest absolute Gasteiger partial charge is 0.117 e. The summed E-state index contributed by atoms with van der Waals surface area (Å²) in [5.74, 6) is 0. The highest BCUT2D eigenvalue weighted by atomic mass is 16.6. The van der Waals surface area contributed by atoms with Gasteiger partial charge in [-0.15, -0.1) is 13.2 Å². The molecule has 0 amide bonds. The van der Waals surface area contributed by atoms with Crippen molar-refractivity contribution in [1.29, 1.82) is 0 Å². The van der Waals surface area contributed by atoms with Crippen LogP contribution in [0.2, 0.25) is 0 Å². The van der Waals surface area contributed by atoms with Gasteiger partial charge in [0.25, 0.3) is 0 Å². The van der Waals surface area contributed by atoms with Gasteiger partial charge in [-0.3, -0.25) is 0 Å². The van der Waals surface area contributed by atoms with Gasteiger partial charge in [0, 0.05) is 18.4 Å². The number of hydrogen-bond acceptors (Lipinski definition) is 3. The molecule has 1 heterocycles. The van der Waals surface area contributed by atoms with Crippen LogP contribution in [0.25, 0.3) is 0 Å². The molecule has 1 rings (SSSR count). The average molecular weight is 196 g/mol. The minimum atomic E-state index is -0.771. The molecule has 0 atom stereocenters. The molecule has 0 radical (unpaired) electrons. The van der Waals surface area contributed by atoms with Crippen LogP contribution in [-0.2, 0) is 4.74 Å². The van der Waals surface area contributed by atoms with E-state index in [1.165, 1.54) is 0 Å². The van der Waals surface area contributed by atoms with Crippen molar-refractivity contribution in [3.63, 3.8) is 0 Å². The highest BCUT2D eigenvalue weighted by molar-refractivity contribution is 5.03. The maximum absolute atomic E-state index is 12.0. The van der Waals surface area contributed by atoms with E-state index in [4.69, 9.17) is 4.74 Å². The molecule has 0 aromatic rings. The fourth-order valence-corrected chi connectivity index (χ4v) is 1.80. The van der Waals surface area contributed by atoms with Gasteiger partial charge in [0.15, 0.2) is 0 Å². The van der Waals surface area contributed by atoms with Crippen LogP contribution in [0.5, 0.6) is 0 Å². The van der Waals surface area contributed by atoms with Gasteiger partial charge in [0.1, 0.15) is 5.72 Å². The fourth-order valence-electron chi connectivity index (χ4n) is 1.80. The topological polar surface area (TPSA) is 35.5 Å². The Morgan fingerprint density at radius 3 is 2.14 bits per heavy atom. The largest absolute Gasteiger partial charge is 0.783 e. The van der Waals surface area contributed by atoms with E-state index in [1.54, 1.807) is 12.2 Å². The molecule has 0 N–H and O–H groups in total. The molecule has 3 heteroatoms. The lowest BCUT2D eigenvalue weighted by Crippen LogP contribution is -2.48. The third kappa shape index (κ3) is 1.75. The van der Waals surface area contributed by atoms with Crippen molar-refractivity contribution >= 4 is 0 Å². The molecule has 0 spiro atoms. The number of hydroxylamine groups is 2. The monoisotopic (exact) mass is 196 g/mol. The Hall–Kier alpha value is -0.640. The maximum Gasteiger partial charge on any atom is 0.117 e. The van der Waals surface area contributed by atoms with Crippen LogP contribution >= 0.6 is 0 Å². The molecule has 0 aromatic carbocycles. The average Bonchev–Trinajstić information content (AvgIpc) is 2.32. The highest BCUT2D eigenvalue weighted by Gasteiger charge is 2.44. The molecule has 3 nitrogen and oxygen atoms in total. The van der Waals surface area contributed by atoms with Gasteiger partial charge >= 0.3 is 0 Å². The van der Waals surface area contributed by atoms with Crippen LogP contribution in [0.4, 0.5) is 0 Å². The van der Waals surface area contributed by atoms with Crippen LogP contribution in [0.3, 0.4) is 0 Å². The minimum Gasteiger partial charge on any atom is -0.783 e. The molecule has 0 aromatic heterocycles. The summed E-state index contributed by atoms with van der Waals surface area (Å²) in [6.07, 6.45) is 4.50. The van der Waals surface area contributed by atoms with Gasteiger partial charge in [-0.1, -0.05) is 12.2 Å². The first-order valence-electron chi connectivity index (χ1n) is 4.82. The van der Waals surface area contributed by atoms with Crippen molar-refractivity contribution in [2.75, 3.05) is 6.61 Å². The Kier molecular flexibility index (Phi) is 3.14. The van der Waals surface area contributed by atoms with E-state index in [1.807, 2.05) is 13.8 Å². The third-order valence-electron chi connectivity index (χ3n) is 2.54. The van der Waals surface area contributed by atoms with E-state index in [-0.39, 0.29) is 0 Å². The SMILES string of the molecule is C=CCC1(CC=C)OCC(C)(C)N1[O-]. The van der Waals surface area contributed by atoms with Crippen molar-refractivity contribution in [3.8, 4) is 0 Å². The summed E-state index contributed by atoms with van der Waals surface area (Å²) in [5, 5.41) is 13.1. The van der Waals surface area contributed by atoms with Gasteiger partial charge < -0.3 is 15.0 Å². The predicted octanol–water partition coefficient (Wildman–Crippen LogP) is 2.44. The molecular formula is C11H18NO2-. The Balaban J connectivity index is 2.89. The molecule has 1 fully saturated rings. The summed E-state index contributed by atoms with van der Waals surface area (Å²) >= 11 is 0. The molecule has 0 bridgehead atoms. The van der Waals surface area contributed by atoms with E-state index < -0.39 is 11.3 Å². The van der Waals surface area contributed by atoms with Crippen molar-refractivity contribution in [1.82, 2.24) is 5.06 Å². The van der Waals surface area contributed by atoms with E-state index in [0.717, 1.165) is 5.06 Å². The lowest BCUT2D eigenvalue weighted by molar-refractivity contribution is -0.0621. The number of rotatable bonds is 4. The lowest BCUT2D eigenvalue weighted by atomic mass is 10.0. The second-order valence-corrected chi connectivity index (χ2v) is 4.33. The van der Waals surface area contributed by atoms with Gasteiger partial charge in [-0.25, -0.2) is 0 Å². The Labute approximate surface area is 85.6 Å². The van der Waals surface area contributed by atoms with E-state index >= 15 is 0 Å². The lowest BCUT2D eigenvalue weighted by Gasteiger charge is -2.46. The highest BCUT2D eigenvalue weighted by Crippen LogP contribution is 2.39. The third-order valence-corrected chi connectivity index (χ3v) is 2.54. The first-order chi connectivity index (χ1) is 6.48. The quantitative estimate of drug-likeness (QED) is 0.648. The van der Waals surface area contributed by atoms with Gasteiger partial charge in [0.2, 0.25) is 0 Å². The predicted molar refractivity (Wildman–Crippen MR) is 57.6 cm³/mol. The minimum absolute atomic E-state index is 0.452. The number of hydrogen-bond donors (Lipinski definition) is 0. The van der Waals surface area contributed by atoms with Gasteiger partial charge in [0.05, 0.1) is 6.61 Å². The second-order valence-electron chi connectivity index (χ2n) is 4.33. The van der Waals surface area contributed by atoms with Gasteiger partial charge in [-0.05, 0) is 13.8 Å². The molecule has 0 unspecified atom stereocenters. The van der Waals surface area contributed by atoms with Crippen LogP contribution in [0, 0.1) is 5.21 Å². The van der Waals surface area contributed by atoms with Crippen molar-refractivity contribution < 1.29 is 4.74 Å². The summed E-state index contributed by atoms with van der Waals surface area (Å²) in [6, 6.07) is 0. The number of nitrogens with zero attached hydrogens (tertiary/aromatic N) is 1. The van der Waals surface area contributed by atoms with Crippen molar-refractivity contribution in [2.24, 2.45) is 0 Å². The van der Waals surface area contributed by atoms with Gasteiger partial charge in [-0.2, -0.15) is 0 Å². The van der Waals surface area contributed by atoms with Crippen LogP contribution < -0.4 is 0 Å². The summed E-state index contributed by atoms with van der Waals surface area (Å²) in [7, 11) is 0. The first kappa shape index (κ1) is 11.4. The summed E-state index contributed by atoms with van der Waals surface area (Å²) in [4.78, 5) is 0. The van der Waals surface area contributed by atoms with Crippen molar-refractivity contribution in [2.45, 2.75) is 38.0 Å². The first-order valence-corrected chi connectivity index (χ1v) is 4.82. The fraction of sp³-hybridized carbons (Fsp3) is 0.636. The standard InChI is InChI=1S/C11H18NO2/c1-5-7-11(8-6-2)12(13)10(3,4)9-14-11/h5-6H,1-2,7-9H2,3-4H3/q-1. The van der Waals surface area contributed by atoms with Crippen molar-refractivity contribution in [3.05, 3.63) is 30.5 Å². The normalized spacial score (nSPS) is 24.8. The number of ether oxygens (including phenoxy) is 1. The maximum atomic E-state index is 12.0. The van der Waals surface area contributed by atoms with E-state index in [0.29, 0.717) is 19.4 Å². The van der Waals surface area contributed by atoms with Crippen LogP contribution in [0.1, 0.15) is 26.7 Å². The van der Waals surface area contributed by atoms with E-state index in [9.17, 15) is 5.21 Å². The second kappa shape index (κ2) is 3.85. The zero-order valence-corrected chi connectivity index (χ0v) is 8.95. The summed E-state index contributed by atoms with van der Waals surface area (Å²) in [6.45, 7) is 11.5. The molecule has 1 aliphatic heterocycles. The molecular weight excluding hydrogens is 178 g/mol. The zero-order chi connectivity index (χ0) is 10.8. The Morgan fingerprint density at radius 2 is 1.86 bits per heavy atom. The van der Waals surface area contributed by atoms with Crippen LogP contribution in [0.15, 0.2) is 25.3 Å².